The van der Waals surface area contributed by atoms with Crippen LogP contribution < -0.4 is 15.4 Å². The van der Waals surface area contributed by atoms with Crippen LogP contribution in [-0.2, 0) is 9.59 Å². The summed E-state index contributed by atoms with van der Waals surface area (Å²) in [6, 6.07) is 11.2. The Morgan fingerprint density at radius 2 is 1.77 bits per heavy atom. The van der Waals surface area contributed by atoms with Gasteiger partial charge in [0, 0.05) is 11.8 Å². The minimum Gasteiger partial charge on any atom is -0.482 e. The fraction of sp³-hybridized carbons (Fsp3) is 0.111. The molecule has 0 radical (unpaired) electrons. The number of nitrogens with zero attached hydrogens (tertiary/aromatic N) is 1. The molecule has 8 heteroatoms. The van der Waals surface area contributed by atoms with E-state index < -0.39 is 17.7 Å². The van der Waals surface area contributed by atoms with E-state index in [2.05, 4.69) is 10.6 Å². The number of hydrogen-bond donors (Lipinski definition) is 2. The summed E-state index contributed by atoms with van der Waals surface area (Å²) >= 11 is 0. The summed E-state index contributed by atoms with van der Waals surface area (Å²) in [7, 11) is 0. The Morgan fingerprint density at radius 1 is 1.08 bits per heavy atom. The second kappa shape index (κ2) is 5.99. The largest absolute Gasteiger partial charge is 0.482 e. The molecule has 2 aromatic carbocycles. The SMILES string of the molecule is O=C(CN1C(=O)c2ccccc2C1=O)Nc1ccc2c(c1)OCC(=O)N2. The predicted octanol–water partition coefficient (Wildman–Crippen LogP) is 1.25. The number of carbonyl (C=O) groups is 4. The van der Waals surface area contributed by atoms with Gasteiger partial charge < -0.3 is 15.4 Å². The lowest BCUT2D eigenvalue weighted by molar-refractivity contribution is -0.118. The first-order valence-electron chi connectivity index (χ1n) is 7.85. The van der Waals surface area contributed by atoms with Crippen LogP contribution in [0.15, 0.2) is 42.5 Å². The Hall–Kier alpha value is -3.68. The molecule has 0 atom stereocenters. The maximum absolute atomic E-state index is 12.3. The molecule has 2 aromatic rings. The predicted molar refractivity (Wildman–Crippen MR) is 91.0 cm³/mol. The van der Waals surface area contributed by atoms with Crippen molar-refractivity contribution in [2.75, 3.05) is 23.8 Å². The zero-order valence-corrected chi connectivity index (χ0v) is 13.4. The van der Waals surface area contributed by atoms with Gasteiger partial charge in [0.1, 0.15) is 12.3 Å². The summed E-state index contributed by atoms with van der Waals surface area (Å²) in [6.07, 6.45) is 0. The molecule has 0 fully saturated rings. The lowest BCUT2D eigenvalue weighted by Crippen LogP contribution is -2.37. The van der Waals surface area contributed by atoms with Crippen LogP contribution in [0.5, 0.6) is 5.75 Å². The number of anilines is 2. The summed E-state index contributed by atoms with van der Waals surface area (Å²) in [5.74, 6) is -1.31. The first-order chi connectivity index (χ1) is 12.5. The highest BCUT2D eigenvalue weighted by Crippen LogP contribution is 2.30. The molecule has 4 amide bonds. The zero-order chi connectivity index (χ0) is 18.3. The van der Waals surface area contributed by atoms with E-state index in [4.69, 9.17) is 4.74 Å². The molecule has 0 saturated carbocycles. The van der Waals surface area contributed by atoms with E-state index in [-0.39, 0.29) is 19.1 Å². The Balaban J connectivity index is 1.46. The van der Waals surface area contributed by atoms with Gasteiger partial charge in [-0.3, -0.25) is 24.1 Å². The Morgan fingerprint density at radius 3 is 2.46 bits per heavy atom. The summed E-state index contributed by atoms with van der Waals surface area (Å²) in [5.41, 5.74) is 1.53. The van der Waals surface area contributed by atoms with Crippen LogP contribution in [-0.4, -0.2) is 41.7 Å². The number of amides is 4. The smallest absolute Gasteiger partial charge is 0.262 e. The molecule has 26 heavy (non-hydrogen) atoms. The van der Waals surface area contributed by atoms with Crippen molar-refractivity contribution >= 4 is 35.0 Å². The number of imide groups is 1. The molecular weight excluding hydrogens is 338 g/mol. The van der Waals surface area contributed by atoms with E-state index in [1.54, 1.807) is 42.5 Å². The Labute approximate surface area is 147 Å². The van der Waals surface area contributed by atoms with Gasteiger partial charge in [0.25, 0.3) is 17.7 Å². The summed E-state index contributed by atoms with van der Waals surface area (Å²) in [5, 5.41) is 5.27. The number of carbonyl (C=O) groups excluding carboxylic acids is 4. The van der Waals surface area contributed by atoms with E-state index in [9.17, 15) is 19.2 Å². The third kappa shape index (κ3) is 2.67. The molecular formula is C18H13N3O5. The van der Waals surface area contributed by atoms with Crippen LogP contribution in [0.4, 0.5) is 11.4 Å². The van der Waals surface area contributed by atoms with Crippen molar-refractivity contribution in [1.29, 1.82) is 0 Å². The second-order valence-electron chi connectivity index (χ2n) is 5.84. The maximum atomic E-state index is 12.3. The molecule has 0 bridgehead atoms. The molecule has 2 aliphatic rings. The molecule has 130 valence electrons. The van der Waals surface area contributed by atoms with Gasteiger partial charge in [0.05, 0.1) is 16.8 Å². The van der Waals surface area contributed by atoms with E-state index in [0.717, 1.165) is 4.90 Å². The third-order valence-electron chi connectivity index (χ3n) is 4.08. The van der Waals surface area contributed by atoms with Crippen molar-refractivity contribution in [3.05, 3.63) is 53.6 Å². The number of ether oxygens (including phenoxy) is 1. The molecule has 2 heterocycles. The molecule has 8 nitrogen and oxygen atoms in total. The van der Waals surface area contributed by atoms with Crippen LogP contribution >= 0.6 is 0 Å². The monoisotopic (exact) mass is 351 g/mol. The average molecular weight is 351 g/mol. The normalized spacial score (nSPS) is 15.1. The first-order valence-corrected chi connectivity index (χ1v) is 7.85. The highest BCUT2D eigenvalue weighted by Gasteiger charge is 2.36. The summed E-state index contributed by atoms with van der Waals surface area (Å²) < 4.78 is 5.29. The summed E-state index contributed by atoms with van der Waals surface area (Å²) in [4.78, 5) is 49.0. The molecule has 0 saturated heterocycles. The van der Waals surface area contributed by atoms with Crippen LogP contribution in [0, 0.1) is 0 Å². The molecule has 0 spiro atoms. The molecule has 2 aliphatic heterocycles. The van der Waals surface area contributed by atoms with Gasteiger partial charge in [0.15, 0.2) is 6.61 Å². The highest BCUT2D eigenvalue weighted by molar-refractivity contribution is 6.22. The van der Waals surface area contributed by atoms with Crippen LogP contribution in [0.2, 0.25) is 0 Å². The van der Waals surface area contributed by atoms with Crippen LogP contribution in [0.25, 0.3) is 0 Å². The van der Waals surface area contributed by atoms with E-state index in [1.165, 1.54) is 0 Å². The van der Waals surface area contributed by atoms with Crippen molar-refractivity contribution < 1.29 is 23.9 Å². The lowest BCUT2D eigenvalue weighted by Gasteiger charge is -2.19. The fourth-order valence-electron chi connectivity index (χ4n) is 2.88. The topological polar surface area (TPSA) is 105 Å². The van der Waals surface area contributed by atoms with Gasteiger partial charge in [0.2, 0.25) is 5.91 Å². The standard InChI is InChI=1S/C18H13N3O5/c22-15(8-21-17(24)11-3-1-2-4-12(11)18(21)25)19-10-5-6-13-14(7-10)26-9-16(23)20-13/h1-7H,8-9H2,(H,19,22)(H,20,23). The summed E-state index contributed by atoms with van der Waals surface area (Å²) in [6.45, 7) is -0.486. The van der Waals surface area contributed by atoms with Crippen molar-refractivity contribution in [3.8, 4) is 5.75 Å². The van der Waals surface area contributed by atoms with Crippen LogP contribution in [0.1, 0.15) is 20.7 Å². The quantitative estimate of drug-likeness (QED) is 0.810. The van der Waals surface area contributed by atoms with Crippen LogP contribution in [0.3, 0.4) is 0 Å². The van der Waals surface area contributed by atoms with Gasteiger partial charge in [-0.25, -0.2) is 0 Å². The highest BCUT2D eigenvalue weighted by atomic mass is 16.5. The third-order valence-corrected chi connectivity index (χ3v) is 4.08. The number of nitrogens with one attached hydrogen (secondary N) is 2. The van der Waals surface area contributed by atoms with Gasteiger partial charge in [-0.2, -0.15) is 0 Å². The fourth-order valence-corrected chi connectivity index (χ4v) is 2.88. The van der Waals surface area contributed by atoms with Gasteiger partial charge in [-0.1, -0.05) is 12.1 Å². The number of rotatable bonds is 3. The molecule has 2 N–H and O–H groups in total. The van der Waals surface area contributed by atoms with Gasteiger partial charge in [-0.05, 0) is 24.3 Å². The van der Waals surface area contributed by atoms with Crippen molar-refractivity contribution in [2.24, 2.45) is 0 Å². The Kier molecular flexibility index (Phi) is 3.65. The average Bonchev–Trinajstić information content (AvgIpc) is 2.87. The van der Waals surface area contributed by atoms with Gasteiger partial charge >= 0.3 is 0 Å². The second-order valence-corrected chi connectivity index (χ2v) is 5.84. The van der Waals surface area contributed by atoms with Gasteiger partial charge in [-0.15, -0.1) is 0 Å². The maximum Gasteiger partial charge on any atom is 0.262 e. The van der Waals surface area contributed by atoms with Crippen molar-refractivity contribution in [3.63, 3.8) is 0 Å². The van der Waals surface area contributed by atoms with Crippen molar-refractivity contribution in [2.45, 2.75) is 0 Å². The first kappa shape index (κ1) is 15.8. The van der Waals surface area contributed by atoms with E-state index in [1.807, 2.05) is 0 Å². The number of fused-ring (bicyclic) bond motifs is 2. The number of benzene rings is 2. The number of hydrogen-bond acceptors (Lipinski definition) is 5. The van der Waals surface area contributed by atoms with E-state index in [0.29, 0.717) is 28.3 Å². The molecule has 0 aromatic heterocycles. The lowest BCUT2D eigenvalue weighted by atomic mass is 10.1. The van der Waals surface area contributed by atoms with E-state index >= 15 is 0 Å². The minimum atomic E-state index is -0.515. The Bertz CT molecular complexity index is 934. The molecule has 0 unspecified atom stereocenters. The minimum absolute atomic E-state index is 0.0978. The van der Waals surface area contributed by atoms with Crippen molar-refractivity contribution in [1.82, 2.24) is 4.90 Å². The molecule has 0 aliphatic carbocycles. The zero-order valence-electron chi connectivity index (χ0n) is 13.4. The molecule has 4 rings (SSSR count).